The summed E-state index contributed by atoms with van der Waals surface area (Å²) in [6, 6.07) is 28.8. The number of rotatable bonds is 6. The van der Waals surface area contributed by atoms with Crippen molar-refractivity contribution in [3.63, 3.8) is 0 Å². The number of aromatic amines is 1. The quantitative estimate of drug-likeness (QED) is 0.119. The standard InChI is InChI=1S/C39H38N2O5Si/c1-44-30-16-11-26(12-17-30)25-7-9-28(10-8-25)38-37-33(24-35(39(43)46-3)41(38)36(42)21-22-47(4,5)6)32-23-29(15-20-34(32)40-37)27-13-18-31(45-2)19-14-27/h7-20,23,35,38,40H,24H2,1-6H3. The van der Waals surface area contributed by atoms with Gasteiger partial charge in [0.15, 0.2) is 0 Å². The lowest BCUT2D eigenvalue weighted by Gasteiger charge is -2.40. The van der Waals surface area contributed by atoms with Gasteiger partial charge in [0.25, 0.3) is 5.91 Å². The minimum absolute atomic E-state index is 0.300. The molecule has 2 unspecified atom stereocenters. The molecule has 0 aliphatic carbocycles. The van der Waals surface area contributed by atoms with Gasteiger partial charge in [-0.05, 0) is 75.7 Å². The summed E-state index contributed by atoms with van der Waals surface area (Å²) in [4.78, 5) is 32.8. The number of fused-ring (bicyclic) bond motifs is 3. The Morgan fingerprint density at radius 1 is 0.766 bits per heavy atom. The van der Waals surface area contributed by atoms with Crippen molar-refractivity contribution in [1.29, 1.82) is 0 Å². The smallest absolute Gasteiger partial charge is 0.328 e. The molecule has 1 amide bonds. The number of amides is 1. The fraction of sp³-hybridized carbons (Fsp3) is 0.231. The first kappa shape index (κ1) is 31.7. The zero-order valence-corrected chi connectivity index (χ0v) is 28.5. The second-order valence-electron chi connectivity index (χ2n) is 12.7. The Labute approximate surface area is 276 Å². The topological polar surface area (TPSA) is 80.9 Å². The molecule has 0 saturated heterocycles. The SMILES string of the molecule is COC(=O)C1Cc2c([nH]c3ccc(-c4ccc(OC)cc4)cc23)C(c2ccc(-c3ccc(OC)cc3)cc2)N1C(=O)C#C[Si](C)(C)C. The third-order valence-electron chi connectivity index (χ3n) is 8.55. The molecular formula is C39H38N2O5Si. The predicted molar refractivity (Wildman–Crippen MR) is 188 cm³/mol. The van der Waals surface area contributed by atoms with Crippen LogP contribution in [0.3, 0.4) is 0 Å². The fourth-order valence-electron chi connectivity index (χ4n) is 6.16. The van der Waals surface area contributed by atoms with E-state index in [1.165, 1.54) is 7.11 Å². The van der Waals surface area contributed by atoms with Crippen molar-refractivity contribution in [2.24, 2.45) is 0 Å². The molecule has 6 rings (SSSR count). The Kier molecular flexibility index (Phi) is 8.67. The van der Waals surface area contributed by atoms with Gasteiger partial charge in [-0.15, -0.1) is 5.54 Å². The van der Waals surface area contributed by atoms with Gasteiger partial charge >= 0.3 is 5.97 Å². The van der Waals surface area contributed by atoms with Crippen LogP contribution in [-0.4, -0.2) is 57.2 Å². The molecule has 47 heavy (non-hydrogen) atoms. The number of methoxy groups -OCH3 is 3. The normalized spacial score (nSPS) is 15.7. The zero-order chi connectivity index (χ0) is 33.3. The molecule has 0 radical (unpaired) electrons. The highest BCUT2D eigenvalue weighted by atomic mass is 28.3. The summed E-state index contributed by atoms with van der Waals surface area (Å²) in [5, 5.41) is 1.00. The number of aromatic nitrogens is 1. The maximum atomic E-state index is 14.1. The average molecular weight is 643 g/mol. The second-order valence-corrected chi connectivity index (χ2v) is 17.5. The van der Waals surface area contributed by atoms with Gasteiger partial charge in [-0.25, -0.2) is 4.79 Å². The number of hydrogen-bond donors (Lipinski definition) is 1. The number of esters is 1. The number of nitrogens with one attached hydrogen (secondary N) is 1. The molecule has 8 heteroatoms. The van der Waals surface area contributed by atoms with Gasteiger partial charge < -0.3 is 24.1 Å². The number of ether oxygens (including phenoxy) is 3. The summed E-state index contributed by atoms with van der Waals surface area (Å²) in [5.74, 6) is 3.62. The van der Waals surface area contributed by atoms with Crippen LogP contribution in [0, 0.1) is 11.5 Å². The molecule has 0 fully saturated rings. The number of carbonyl (C=O) groups excluding carboxylic acids is 2. The molecule has 0 saturated carbocycles. The van der Waals surface area contributed by atoms with E-state index in [9.17, 15) is 9.59 Å². The predicted octanol–water partition coefficient (Wildman–Crippen LogP) is 7.42. The summed E-state index contributed by atoms with van der Waals surface area (Å²) < 4.78 is 16.0. The summed E-state index contributed by atoms with van der Waals surface area (Å²) >= 11 is 0. The van der Waals surface area contributed by atoms with Gasteiger partial charge in [0.2, 0.25) is 0 Å². The molecule has 0 bridgehead atoms. The molecule has 7 nitrogen and oxygen atoms in total. The van der Waals surface area contributed by atoms with Gasteiger partial charge in [-0.3, -0.25) is 4.79 Å². The van der Waals surface area contributed by atoms with Gasteiger partial charge in [0.05, 0.1) is 27.4 Å². The van der Waals surface area contributed by atoms with Crippen LogP contribution >= 0.6 is 0 Å². The van der Waals surface area contributed by atoms with Gasteiger partial charge in [-0.1, -0.05) is 74.2 Å². The molecule has 1 aliphatic heterocycles. The van der Waals surface area contributed by atoms with Crippen molar-refractivity contribution in [2.45, 2.75) is 38.1 Å². The highest BCUT2D eigenvalue weighted by Crippen LogP contribution is 2.42. The largest absolute Gasteiger partial charge is 0.497 e. The third kappa shape index (κ3) is 6.40. The molecule has 5 aromatic rings. The van der Waals surface area contributed by atoms with Crippen LogP contribution in [0.2, 0.25) is 19.6 Å². The molecule has 238 valence electrons. The van der Waals surface area contributed by atoms with E-state index in [1.54, 1.807) is 19.1 Å². The average Bonchev–Trinajstić information content (AvgIpc) is 3.47. The van der Waals surface area contributed by atoms with Crippen LogP contribution in [0.4, 0.5) is 0 Å². The number of benzene rings is 4. The van der Waals surface area contributed by atoms with Crippen LogP contribution in [0.5, 0.6) is 11.5 Å². The van der Waals surface area contributed by atoms with Crippen LogP contribution in [0.1, 0.15) is 22.9 Å². The lowest BCUT2D eigenvalue weighted by atomic mass is 9.87. The number of H-pyrrole nitrogens is 1. The van der Waals surface area contributed by atoms with Crippen molar-refractivity contribution in [2.75, 3.05) is 21.3 Å². The van der Waals surface area contributed by atoms with Crippen LogP contribution in [-0.2, 0) is 20.7 Å². The Morgan fingerprint density at radius 3 is 1.83 bits per heavy atom. The van der Waals surface area contributed by atoms with Gasteiger partial charge in [0, 0.05) is 23.0 Å². The van der Waals surface area contributed by atoms with E-state index in [4.69, 9.17) is 14.2 Å². The minimum atomic E-state index is -1.89. The number of carbonyl (C=O) groups is 2. The molecule has 0 spiro atoms. The van der Waals surface area contributed by atoms with Crippen molar-refractivity contribution < 1.29 is 23.8 Å². The third-order valence-corrected chi connectivity index (χ3v) is 9.42. The van der Waals surface area contributed by atoms with E-state index >= 15 is 0 Å². The Balaban J connectivity index is 1.51. The molecular weight excluding hydrogens is 605 g/mol. The highest BCUT2D eigenvalue weighted by molar-refractivity contribution is 6.84. The van der Waals surface area contributed by atoms with Crippen LogP contribution in [0.25, 0.3) is 33.2 Å². The Bertz CT molecular complexity index is 2000. The van der Waals surface area contributed by atoms with Crippen molar-refractivity contribution >= 4 is 30.9 Å². The molecule has 1 aromatic heterocycles. The van der Waals surface area contributed by atoms with E-state index in [1.807, 2.05) is 72.8 Å². The Morgan fingerprint density at radius 2 is 1.30 bits per heavy atom. The van der Waals surface area contributed by atoms with E-state index < -0.39 is 32.0 Å². The lowest BCUT2D eigenvalue weighted by molar-refractivity contribution is -0.153. The molecule has 1 N–H and O–H groups in total. The van der Waals surface area contributed by atoms with Crippen LogP contribution in [0.15, 0.2) is 91.0 Å². The van der Waals surface area contributed by atoms with Gasteiger partial charge in [-0.2, -0.15) is 0 Å². The highest BCUT2D eigenvalue weighted by Gasteiger charge is 2.44. The Hall–Kier alpha value is -5.26. The van der Waals surface area contributed by atoms with Crippen molar-refractivity contribution in [1.82, 2.24) is 9.88 Å². The van der Waals surface area contributed by atoms with E-state index in [-0.39, 0.29) is 0 Å². The van der Waals surface area contributed by atoms with Crippen molar-refractivity contribution in [3.8, 4) is 45.2 Å². The molecule has 2 atom stereocenters. The van der Waals surface area contributed by atoms with Crippen LogP contribution < -0.4 is 9.47 Å². The number of nitrogens with zero attached hydrogens (tertiary/aromatic N) is 1. The molecule has 2 heterocycles. The van der Waals surface area contributed by atoms with Gasteiger partial charge in [0.1, 0.15) is 25.6 Å². The fourth-order valence-corrected chi connectivity index (χ4v) is 6.64. The first-order valence-electron chi connectivity index (χ1n) is 15.6. The lowest BCUT2D eigenvalue weighted by Crippen LogP contribution is -2.51. The van der Waals surface area contributed by atoms with E-state index in [0.29, 0.717) is 6.42 Å². The summed E-state index contributed by atoms with van der Waals surface area (Å²) in [6.45, 7) is 6.27. The zero-order valence-electron chi connectivity index (χ0n) is 27.5. The monoisotopic (exact) mass is 642 g/mol. The molecule has 1 aliphatic rings. The second kappa shape index (κ2) is 12.9. The maximum absolute atomic E-state index is 14.1. The maximum Gasteiger partial charge on any atom is 0.328 e. The summed E-state index contributed by atoms with van der Waals surface area (Å²) in [7, 11) is 2.78. The van der Waals surface area contributed by atoms with E-state index in [0.717, 1.165) is 61.5 Å². The summed E-state index contributed by atoms with van der Waals surface area (Å²) in [5.41, 5.74) is 11.0. The number of hydrogen-bond acceptors (Lipinski definition) is 5. The minimum Gasteiger partial charge on any atom is -0.497 e. The summed E-state index contributed by atoms with van der Waals surface area (Å²) in [6.07, 6.45) is 0.300. The first-order chi connectivity index (χ1) is 22.6. The van der Waals surface area contributed by atoms with E-state index in [2.05, 4.69) is 54.3 Å². The first-order valence-corrected chi connectivity index (χ1v) is 19.1. The van der Waals surface area contributed by atoms with Crippen molar-refractivity contribution in [3.05, 3.63) is 108 Å². The molecule has 4 aromatic carbocycles.